The number of benzene rings is 1. The topological polar surface area (TPSA) is 55.6 Å². The molecule has 1 aliphatic heterocycles. The maximum atomic E-state index is 12.8. The first-order valence-electron chi connectivity index (χ1n) is 7.71. The fraction of sp³-hybridized carbons (Fsp3) is 0.588. The summed E-state index contributed by atoms with van der Waals surface area (Å²) < 4.78 is 5.24. The molecule has 1 fully saturated rings. The van der Waals surface area contributed by atoms with Gasteiger partial charge in [0.15, 0.2) is 0 Å². The Morgan fingerprint density at radius 2 is 2.29 bits per heavy atom. The average molecular weight is 290 g/mol. The van der Waals surface area contributed by atoms with E-state index in [1.807, 2.05) is 36.1 Å². The Bertz CT molecular complexity index is 489. The first-order valence-corrected chi connectivity index (χ1v) is 7.71. The molecule has 0 aliphatic carbocycles. The van der Waals surface area contributed by atoms with E-state index in [0.29, 0.717) is 12.5 Å². The van der Waals surface area contributed by atoms with Crippen molar-refractivity contribution in [1.82, 2.24) is 4.90 Å². The lowest BCUT2D eigenvalue weighted by molar-refractivity contribution is -0.136. The van der Waals surface area contributed by atoms with Gasteiger partial charge in [-0.1, -0.05) is 19.1 Å². The molecule has 0 saturated carbocycles. The van der Waals surface area contributed by atoms with Gasteiger partial charge in [-0.25, -0.2) is 0 Å². The number of carbonyl (C=O) groups excluding carboxylic acids is 1. The van der Waals surface area contributed by atoms with E-state index in [1.54, 1.807) is 7.11 Å². The molecule has 1 heterocycles. The summed E-state index contributed by atoms with van der Waals surface area (Å²) in [5.74, 6) is 1.44. The van der Waals surface area contributed by atoms with Gasteiger partial charge in [-0.3, -0.25) is 4.79 Å². The number of amides is 1. The van der Waals surface area contributed by atoms with E-state index < -0.39 is 0 Å². The second-order valence-corrected chi connectivity index (χ2v) is 6.05. The van der Waals surface area contributed by atoms with Gasteiger partial charge in [-0.15, -0.1) is 0 Å². The van der Waals surface area contributed by atoms with Crippen molar-refractivity contribution in [1.29, 1.82) is 0 Å². The standard InChI is InChI=1S/C17H26N2O2/c1-12-7-8-19(15(9-12)11-18)17(20)13(2)14-5-4-6-16(10-14)21-3/h4-6,10,12-13,15H,7-9,11,18H2,1-3H3. The Kier molecular flexibility index (Phi) is 5.23. The molecule has 0 aromatic heterocycles. The molecule has 116 valence electrons. The van der Waals surface area contributed by atoms with Crippen LogP contribution in [0.3, 0.4) is 0 Å². The highest BCUT2D eigenvalue weighted by Gasteiger charge is 2.31. The molecule has 2 rings (SSSR count). The molecule has 2 N–H and O–H groups in total. The number of hydrogen-bond donors (Lipinski definition) is 1. The van der Waals surface area contributed by atoms with Gasteiger partial charge in [0.25, 0.3) is 0 Å². The van der Waals surface area contributed by atoms with E-state index in [0.717, 1.165) is 30.7 Å². The minimum Gasteiger partial charge on any atom is -0.497 e. The predicted octanol–water partition coefficient (Wildman–Crippen LogP) is 2.38. The fourth-order valence-electron chi connectivity index (χ4n) is 3.07. The predicted molar refractivity (Wildman–Crippen MR) is 84.4 cm³/mol. The van der Waals surface area contributed by atoms with Crippen molar-refractivity contribution in [2.45, 2.75) is 38.6 Å². The molecule has 21 heavy (non-hydrogen) atoms. The lowest BCUT2D eigenvalue weighted by Gasteiger charge is -2.39. The molecule has 1 aromatic carbocycles. The monoisotopic (exact) mass is 290 g/mol. The van der Waals surface area contributed by atoms with Crippen LogP contribution in [0, 0.1) is 5.92 Å². The summed E-state index contributed by atoms with van der Waals surface area (Å²) in [5, 5.41) is 0. The molecule has 3 unspecified atom stereocenters. The van der Waals surface area contributed by atoms with Crippen molar-refractivity contribution in [2.75, 3.05) is 20.2 Å². The zero-order valence-electron chi connectivity index (χ0n) is 13.2. The third-order valence-corrected chi connectivity index (χ3v) is 4.50. The molecule has 4 heteroatoms. The maximum absolute atomic E-state index is 12.8. The first kappa shape index (κ1) is 15.8. The van der Waals surface area contributed by atoms with Crippen LogP contribution in [0.5, 0.6) is 5.75 Å². The average Bonchev–Trinajstić information content (AvgIpc) is 2.53. The van der Waals surface area contributed by atoms with Crippen molar-refractivity contribution >= 4 is 5.91 Å². The van der Waals surface area contributed by atoms with Gasteiger partial charge >= 0.3 is 0 Å². The van der Waals surface area contributed by atoms with E-state index in [9.17, 15) is 4.79 Å². The van der Waals surface area contributed by atoms with Crippen LogP contribution in [0.2, 0.25) is 0 Å². The fourth-order valence-corrected chi connectivity index (χ4v) is 3.07. The number of hydrogen-bond acceptors (Lipinski definition) is 3. The van der Waals surface area contributed by atoms with Gasteiger partial charge < -0.3 is 15.4 Å². The Morgan fingerprint density at radius 3 is 2.95 bits per heavy atom. The maximum Gasteiger partial charge on any atom is 0.230 e. The Morgan fingerprint density at radius 1 is 1.52 bits per heavy atom. The van der Waals surface area contributed by atoms with Crippen LogP contribution in [-0.2, 0) is 4.79 Å². The van der Waals surface area contributed by atoms with Gasteiger partial charge in [-0.2, -0.15) is 0 Å². The van der Waals surface area contributed by atoms with Gasteiger partial charge in [0.1, 0.15) is 5.75 Å². The highest BCUT2D eigenvalue weighted by atomic mass is 16.5. The van der Waals surface area contributed by atoms with Crippen LogP contribution in [0.4, 0.5) is 0 Å². The Labute approximate surface area is 127 Å². The van der Waals surface area contributed by atoms with E-state index in [1.165, 1.54) is 0 Å². The highest BCUT2D eigenvalue weighted by molar-refractivity contribution is 5.83. The quantitative estimate of drug-likeness (QED) is 0.926. The van der Waals surface area contributed by atoms with Crippen LogP contribution >= 0.6 is 0 Å². The second kappa shape index (κ2) is 6.94. The van der Waals surface area contributed by atoms with Crippen molar-refractivity contribution in [3.05, 3.63) is 29.8 Å². The van der Waals surface area contributed by atoms with E-state index in [2.05, 4.69) is 6.92 Å². The summed E-state index contributed by atoms with van der Waals surface area (Å²) in [6.45, 7) is 5.55. The van der Waals surface area contributed by atoms with E-state index in [4.69, 9.17) is 10.5 Å². The Balaban J connectivity index is 2.14. The number of piperidine rings is 1. The SMILES string of the molecule is COc1cccc(C(C)C(=O)N2CCC(C)CC2CN)c1. The zero-order valence-corrected chi connectivity index (χ0v) is 13.2. The molecule has 1 aliphatic rings. The van der Waals surface area contributed by atoms with Gasteiger partial charge in [0.2, 0.25) is 5.91 Å². The van der Waals surface area contributed by atoms with Crippen LogP contribution < -0.4 is 10.5 Å². The van der Waals surface area contributed by atoms with Gasteiger partial charge in [0, 0.05) is 19.1 Å². The number of nitrogens with zero attached hydrogens (tertiary/aromatic N) is 1. The third kappa shape index (κ3) is 3.56. The number of likely N-dealkylation sites (tertiary alicyclic amines) is 1. The van der Waals surface area contributed by atoms with Crippen molar-refractivity contribution in [3.63, 3.8) is 0 Å². The summed E-state index contributed by atoms with van der Waals surface area (Å²) in [5.41, 5.74) is 6.86. The first-order chi connectivity index (χ1) is 10.1. The van der Waals surface area contributed by atoms with E-state index >= 15 is 0 Å². The number of ether oxygens (including phenoxy) is 1. The number of carbonyl (C=O) groups is 1. The smallest absolute Gasteiger partial charge is 0.230 e. The van der Waals surface area contributed by atoms with Crippen molar-refractivity contribution < 1.29 is 9.53 Å². The molecule has 1 aromatic rings. The minimum atomic E-state index is -0.164. The summed E-state index contributed by atoms with van der Waals surface area (Å²) in [7, 11) is 1.64. The lowest BCUT2D eigenvalue weighted by atomic mass is 9.90. The minimum absolute atomic E-state index is 0.164. The normalized spacial score (nSPS) is 23.7. The van der Waals surface area contributed by atoms with Crippen LogP contribution in [0.15, 0.2) is 24.3 Å². The largest absolute Gasteiger partial charge is 0.497 e. The van der Waals surface area contributed by atoms with E-state index in [-0.39, 0.29) is 17.9 Å². The summed E-state index contributed by atoms with van der Waals surface area (Å²) >= 11 is 0. The number of rotatable bonds is 4. The molecule has 0 bridgehead atoms. The Hall–Kier alpha value is -1.55. The third-order valence-electron chi connectivity index (χ3n) is 4.50. The van der Waals surface area contributed by atoms with Crippen LogP contribution in [0.1, 0.15) is 38.2 Å². The lowest BCUT2D eigenvalue weighted by Crippen LogP contribution is -2.50. The van der Waals surface area contributed by atoms with Gasteiger partial charge in [0.05, 0.1) is 13.0 Å². The molecular weight excluding hydrogens is 264 g/mol. The van der Waals surface area contributed by atoms with Crippen LogP contribution in [-0.4, -0.2) is 37.0 Å². The van der Waals surface area contributed by atoms with Crippen molar-refractivity contribution in [2.24, 2.45) is 11.7 Å². The molecule has 1 amide bonds. The molecule has 0 radical (unpaired) electrons. The molecule has 0 spiro atoms. The highest BCUT2D eigenvalue weighted by Crippen LogP contribution is 2.27. The van der Waals surface area contributed by atoms with Crippen molar-refractivity contribution in [3.8, 4) is 5.75 Å². The molecule has 4 nitrogen and oxygen atoms in total. The second-order valence-electron chi connectivity index (χ2n) is 6.05. The zero-order chi connectivity index (χ0) is 15.4. The molecular formula is C17H26N2O2. The molecule has 1 saturated heterocycles. The summed E-state index contributed by atoms with van der Waals surface area (Å²) in [4.78, 5) is 14.8. The van der Waals surface area contributed by atoms with Gasteiger partial charge in [-0.05, 0) is 43.4 Å². The number of nitrogens with two attached hydrogens (primary N) is 1. The number of methoxy groups -OCH3 is 1. The molecule has 3 atom stereocenters. The summed E-state index contributed by atoms with van der Waals surface area (Å²) in [6, 6.07) is 7.92. The summed E-state index contributed by atoms with van der Waals surface area (Å²) in [6.07, 6.45) is 2.07. The van der Waals surface area contributed by atoms with Crippen LogP contribution in [0.25, 0.3) is 0 Å².